The molecule has 0 aliphatic heterocycles. The number of hydrogen-bond donors (Lipinski definition) is 1. The first kappa shape index (κ1) is 16.1. The number of nitrogen functional groups attached to an aromatic ring is 1. The van der Waals surface area contributed by atoms with Crippen molar-refractivity contribution in [3.63, 3.8) is 0 Å². The molecule has 0 spiro atoms. The van der Waals surface area contributed by atoms with Gasteiger partial charge in [-0.1, -0.05) is 0 Å². The van der Waals surface area contributed by atoms with Gasteiger partial charge in [0.15, 0.2) is 5.82 Å². The summed E-state index contributed by atoms with van der Waals surface area (Å²) in [5.74, 6) is -4.12. The van der Waals surface area contributed by atoms with Gasteiger partial charge in [0, 0.05) is 23.8 Å². The van der Waals surface area contributed by atoms with Crippen LogP contribution in [0.25, 0.3) is 16.7 Å². The molecule has 0 bridgehead atoms. The van der Waals surface area contributed by atoms with Crippen molar-refractivity contribution in [1.82, 2.24) is 19.2 Å². The Labute approximate surface area is 142 Å². The summed E-state index contributed by atoms with van der Waals surface area (Å²) < 4.78 is 56.0. The van der Waals surface area contributed by atoms with E-state index in [1.807, 2.05) is 0 Å². The van der Waals surface area contributed by atoms with E-state index in [-0.39, 0.29) is 22.5 Å². The van der Waals surface area contributed by atoms with Crippen LogP contribution in [0.2, 0.25) is 0 Å². The van der Waals surface area contributed by atoms with E-state index >= 15 is 0 Å². The number of nitrogens with two attached hydrogens (primary N) is 1. The van der Waals surface area contributed by atoms with E-state index in [0.29, 0.717) is 12.1 Å². The lowest BCUT2D eigenvalue weighted by atomic mass is 10.2. The molecule has 0 saturated carbocycles. The predicted octanol–water partition coefficient (Wildman–Crippen LogP) is 2.23. The number of aromatic nitrogens is 4. The smallest absolute Gasteiger partial charge is 0.351 e. The van der Waals surface area contributed by atoms with Gasteiger partial charge in [0.25, 0.3) is 0 Å². The maximum Gasteiger partial charge on any atom is 0.351 e. The van der Waals surface area contributed by atoms with Crippen LogP contribution >= 0.6 is 0 Å². The van der Waals surface area contributed by atoms with Gasteiger partial charge in [-0.2, -0.15) is 0 Å². The summed E-state index contributed by atoms with van der Waals surface area (Å²) in [7, 11) is 0. The van der Waals surface area contributed by atoms with Crippen LogP contribution < -0.4 is 11.4 Å². The van der Waals surface area contributed by atoms with Gasteiger partial charge in [0.2, 0.25) is 5.65 Å². The summed E-state index contributed by atoms with van der Waals surface area (Å²) in [6.45, 7) is -0.602. The Morgan fingerprint density at radius 1 is 1.00 bits per heavy atom. The number of halogens is 4. The van der Waals surface area contributed by atoms with Gasteiger partial charge in [0.1, 0.15) is 23.3 Å². The first-order valence-corrected chi connectivity index (χ1v) is 7.33. The average molecular weight is 363 g/mol. The van der Waals surface area contributed by atoms with Crippen LogP contribution in [-0.4, -0.2) is 19.2 Å². The third-order valence-electron chi connectivity index (χ3n) is 3.90. The van der Waals surface area contributed by atoms with Crippen LogP contribution in [0.15, 0.2) is 35.1 Å². The largest absolute Gasteiger partial charge is 0.381 e. The fourth-order valence-electron chi connectivity index (χ4n) is 2.72. The molecule has 2 aromatic carbocycles. The Kier molecular flexibility index (Phi) is 3.43. The molecule has 0 amide bonds. The SMILES string of the molecule is Nc1nc2ccc(F)cc2n2c(=O)n(Cc3c(F)cc(F)cc3F)nc12. The first-order valence-electron chi connectivity index (χ1n) is 7.33. The third kappa shape index (κ3) is 2.38. The Balaban J connectivity index is 1.97. The quantitative estimate of drug-likeness (QED) is 0.554. The molecule has 0 aliphatic carbocycles. The zero-order chi connectivity index (χ0) is 18.6. The van der Waals surface area contributed by atoms with Crippen LogP contribution in [-0.2, 0) is 6.54 Å². The minimum Gasteiger partial charge on any atom is -0.381 e. The second-order valence-corrected chi connectivity index (χ2v) is 5.58. The average Bonchev–Trinajstić information content (AvgIpc) is 2.89. The summed E-state index contributed by atoms with van der Waals surface area (Å²) in [5.41, 5.74) is 4.70. The number of fused-ring (bicyclic) bond motifs is 3. The molecule has 2 N–H and O–H groups in total. The van der Waals surface area contributed by atoms with Gasteiger partial charge in [0.05, 0.1) is 17.6 Å². The molecule has 0 atom stereocenters. The molecule has 132 valence electrons. The summed E-state index contributed by atoms with van der Waals surface area (Å²) >= 11 is 0. The summed E-state index contributed by atoms with van der Waals surface area (Å²) in [5, 5.41) is 3.92. The third-order valence-corrected chi connectivity index (χ3v) is 3.90. The van der Waals surface area contributed by atoms with Crippen LogP contribution in [0, 0.1) is 23.3 Å². The second-order valence-electron chi connectivity index (χ2n) is 5.58. The molecule has 0 fully saturated rings. The van der Waals surface area contributed by atoms with Crippen LogP contribution in [0.1, 0.15) is 5.56 Å². The molecule has 2 heterocycles. The topological polar surface area (TPSA) is 78.2 Å². The molecular formula is C16H9F4N5O. The van der Waals surface area contributed by atoms with Crippen LogP contribution in [0.3, 0.4) is 0 Å². The fourth-order valence-corrected chi connectivity index (χ4v) is 2.72. The maximum absolute atomic E-state index is 13.9. The number of rotatable bonds is 2. The van der Waals surface area contributed by atoms with Gasteiger partial charge in [-0.15, -0.1) is 5.10 Å². The lowest BCUT2D eigenvalue weighted by Crippen LogP contribution is -2.23. The number of nitrogens with zero attached hydrogens (tertiary/aromatic N) is 4. The van der Waals surface area contributed by atoms with Crippen molar-refractivity contribution in [2.24, 2.45) is 0 Å². The molecule has 0 saturated heterocycles. The van der Waals surface area contributed by atoms with Crippen LogP contribution in [0.5, 0.6) is 0 Å². The Morgan fingerprint density at radius 3 is 2.38 bits per heavy atom. The highest BCUT2D eigenvalue weighted by molar-refractivity contribution is 5.81. The molecule has 0 unspecified atom stereocenters. The fraction of sp³-hybridized carbons (Fsp3) is 0.0625. The standard InChI is InChI=1S/C16H9F4N5O/c17-7-1-2-12-13(5-7)25-15(14(21)22-12)23-24(16(25)26)6-9-10(19)3-8(18)4-11(9)20/h1-5H,6H2,(H2,21,22). The summed E-state index contributed by atoms with van der Waals surface area (Å²) in [4.78, 5) is 16.7. The number of hydrogen-bond acceptors (Lipinski definition) is 4. The van der Waals surface area contributed by atoms with E-state index in [1.165, 1.54) is 6.07 Å². The van der Waals surface area contributed by atoms with Gasteiger partial charge in [-0.25, -0.2) is 36.4 Å². The monoisotopic (exact) mass is 363 g/mol. The Hall–Kier alpha value is -3.43. The minimum atomic E-state index is -1.16. The van der Waals surface area contributed by atoms with E-state index in [9.17, 15) is 22.4 Å². The van der Waals surface area contributed by atoms with E-state index in [1.54, 1.807) is 0 Å². The summed E-state index contributed by atoms with van der Waals surface area (Å²) in [6, 6.07) is 4.56. The Bertz CT molecular complexity index is 1220. The molecule has 4 aromatic rings. The highest BCUT2D eigenvalue weighted by atomic mass is 19.1. The van der Waals surface area contributed by atoms with Crippen molar-refractivity contribution >= 4 is 22.5 Å². The highest BCUT2D eigenvalue weighted by Gasteiger charge is 2.18. The first-order chi connectivity index (χ1) is 12.3. The van der Waals surface area contributed by atoms with Gasteiger partial charge in [-0.05, 0) is 12.1 Å². The van der Waals surface area contributed by atoms with E-state index < -0.39 is 41.1 Å². The Morgan fingerprint density at radius 2 is 1.69 bits per heavy atom. The molecule has 0 radical (unpaired) electrons. The maximum atomic E-state index is 13.9. The zero-order valence-corrected chi connectivity index (χ0v) is 12.9. The minimum absolute atomic E-state index is 0.0870. The van der Waals surface area contributed by atoms with Crippen LogP contribution in [0.4, 0.5) is 23.4 Å². The highest BCUT2D eigenvalue weighted by Crippen LogP contribution is 2.19. The van der Waals surface area contributed by atoms with Crippen molar-refractivity contribution in [3.05, 3.63) is 69.6 Å². The molecule has 0 aliphatic rings. The zero-order valence-electron chi connectivity index (χ0n) is 12.9. The van der Waals surface area contributed by atoms with Gasteiger partial charge >= 0.3 is 5.69 Å². The molecule has 26 heavy (non-hydrogen) atoms. The molecule has 2 aromatic heterocycles. The number of benzene rings is 2. The molecular weight excluding hydrogens is 354 g/mol. The van der Waals surface area contributed by atoms with E-state index in [2.05, 4.69) is 10.1 Å². The molecule has 6 nitrogen and oxygen atoms in total. The van der Waals surface area contributed by atoms with Crippen molar-refractivity contribution in [3.8, 4) is 0 Å². The van der Waals surface area contributed by atoms with Crippen molar-refractivity contribution < 1.29 is 17.6 Å². The predicted molar refractivity (Wildman–Crippen MR) is 84.5 cm³/mol. The van der Waals surface area contributed by atoms with E-state index in [0.717, 1.165) is 21.2 Å². The van der Waals surface area contributed by atoms with Crippen molar-refractivity contribution in [2.45, 2.75) is 6.54 Å². The normalized spacial score (nSPS) is 11.5. The van der Waals surface area contributed by atoms with Gasteiger partial charge in [-0.3, -0.25) is 0 Å². The summed E-state index contributed by atoms with van der Waals surface area (Å²) in [6.07, 6.45) is 0. The molecule has 4 rings (SSSR count). The van der Waals surface area contributed by atoms with E-state index in [4.69, 9.17) is 5.73 Å². The lowest BCUT2D eigenvalue weighted by Gasteiger charge is -2.04. The van der Waals surface area contributed by atoms with Crippen molar-refractivity contribution in [2.75, 3.05) is 5.73 Å². The van der Waals surface area contributed by atoms with Crippen molar-refractivity contribution in [1.29, 1.82) is 0 Å². The molecule has 10 heteroatoms. The number of anilines is 1. The lowest BCUT2D eigenvalue weighted by molar-refractivity contribution is 0.505. The second kappa shape index (κ2) is 5.55. The van der Waals surface area contributed by atoms with Gasteiger partial charge < -0.3 is 5.73 Å².